The molecule has 0 aromatic heterocycles. The summed E-state index contributed by atoms with van der Waals surface area (Å²) in [6, 6.07) is 11.9. The third kappa shape index (κ3) is 2.07. The Morgan fingerprint density at radius 1 is 1.08 bits per heavy atom. The molecule has 2 aromatic carbocycles. The van der Waals surface area contributed by atoms with E-state index in [2.05, 4.69) is 6.92 Å². The number of carbonyl (C=O) groups excluding carboxylic acids is 1. The largest absolute Gasteiger partial charge is 0.496 e. The van der Waals surface area contributed by atoms with Crippen LogP contribution in [0, 0.1) is 0 Å². The maximum atomic E-state index is 12.7. The Kier molecular flexibility index (Phi) is 3.39. The lowest BCUT2D eigenvalue weighted by Crippen LogP contribution is -2.42. The first-order valence-electron chi connectivity index (χ1n) is 9.13. The lowest BCUT2D eigenvalue weighted by molar-refractivity contribution is -0.845. The van der Waals surface area contributed by atoms with Crippen molar-refractivity contribution in [2.45, 2.75) is 19.2 Å². The number of methoxy groups -OCH3 is 1. The Balaban J connectivity index is 1.49. The van der Waals surface area contributed by atoms with Gasteiger partial charge in [0, 0.05) is 22.3 Å². The fourth-order valence-electron chi connectivity index (χ4n) is 4.58. The Morgan fingerprint density at radius 3 is 2.65 bits per heavy atom. The molecule has 5 heteroatoms. The van der Waals surface area contributed by atoms with Crippen molar-refractivity contribution in [1.82, 2.24) is 0 Å². The minimum Gasteiger partial charge on any atom is -0.496 e. The predicted molar refractivity (Wildman–Crippen MR) is 96.6 cm³/mol. The topological polar surface area (TPSA) is 44.8 Å². The molecule has 2 atom stereocenters. The Hall–Kier alpha value is -2.37. The molecular weight excluding hydrogens is 330 g/mol. The number of quaternary nitrogens is 1. The van der Waals surface area contributed by atoms with Gasteiger partial charge in [0.15, 0.2) is 11.8 Å². The molecule has 3 aliphatic rings. The highest BCUT2D eigenvalue weighted by Gasteiger charge is 2.66. The molecule has 0 saturated carbocycles. The number of nitrogens with zero attached hydrogens (tertiary/aromatic N) is 1. The second-order valence-corrected chi connectivity index (χ2v) is 7.33. The Labute approximate surface area is 152 Å². The lowest BCUT2D eigenvalue weighted by atomic mass is 10.0. The zero-order valence-electron chi connectivity index (χ0n) is 15.0. The van der Waals surface area contributed by atoms with Gasteiger partial charge in [-0.1, -0.05) is 12.1 Å². The molecule has 1 spiro atoms. The van der Waals surface area contributed by atoms with Crippen molar-refractivity contribution in [3.63, 3.8) is 0 Å². The van der Waals surface area contributed by atoms with E-state index in [4.69, 9.17) is 14.2 Å². The monoisotopic (exact) mass is 352 g/mol. The maximum Gasteiger partial charge on any atom is 0.286 e. The van der Waals surface area contributed by atoms with Crippen LogP contribution in [0.4, 0.5) is 0 Å². The van der Waals surface area contributed by atoms with E-state index in [1.807, 2.05) is 36.4 Å². The minimum absolute atomic E-state index is 0.0527. The third-order valence-electron chi connectivity index (χ3n) is 6.20. The number of ketones is 1. The molecule has 26 heavy (non-hydrogen) atoms. The van der Waals surface area contributed by atoms with Gasteiger partial charge >= 0.3 is 0 Å². The summed E-state index contributed by atoms with van der Waals surface area (Å²) in [5, 5.41) is 0. The summed E-state index contributed by atoms with van der Waals surface area (Å²) < 4.78 is 18.3. The Bertz CT molecular complexity index is 901. The number of rotatable bonds is 3. The van der Waals surface area contributed by atoms with Gasteiger partial charge in [-0.2, -0.15) is 0 Å². The van der Waals surface area contributed by atoms with Crippen molar-refractivity contribution in [2.24, 2.45) is 0 Å². The van der Waals surface area contributed by atoms with Crippen LogP contribution in [0.1, 0.15) is 22.8 Å². The number of carbonyl (C=O) groups is 1. The first-order chi connectivity index (χ1) is 12.7. The van der Waals surface area contributed by atoms with Gasteiger partial charge in [0.1, 0.15) is 24.6 Å². The first-order valence-corrected chi connectivity index (χ1v) is 9.13. The molecule has 0 bridgehead atoms. The van der Waals surface area contributed by atoms with Crippen LogP contribution in [-0.4, -0.2) is 55.9 Å². The average molecular weight is 352 g/mol. The number of benzene rings is 2. The normalized spacial score (nSPS) is 24.9. The van der Waals surface area contributed by atoms with Crippen molar-refractivity contribution >= 4 is 5.78 Å². The predicted octanol–water partition coefficient (Wildman–Crippen LogP) is 2.86. The highest BCUT2D eigenvalue weighted by atomic mass is 16.5. The van der Waals surface area contributed by atoms with E-state index in [1.54, 1.807) is 7.11 Å². The summed E-state index contributed by atoms with van der Waals surface area (Å²) in [5.74, 6) is 1.59. The fourth-order valence-corrected chi connectivity index (χ4v) is 4.58. The molecular formula is C21H22NO4+. The van der Waals surface area contributed by atoms with E-state index in [-0.39, 0.29) is 12.0 Å². The van der Waals surface area contributed by atoms with E-state index in [1.165, 1.54) is 0 Å². The van der Waals surface area contributed by atoms with Gasteiger partial charge in [-0.05, 0) is 31.2 Å². The molecule has 2 heterocycles. The smallest absolute Gasteiger partial charge is 0.286 e. The molecule has 0 N–H and O–H groups in total. The third-order valence-corrected chi connectivity index (χ3v) is 6.20. The number of hydrogen-bond acceptors (Lipinski definition) is 4. The summed E-state index contributed by atoms with van der Waals surface area (Å²) in [6.45, 7) is 5.85. The SMILES string of the molecule is COc1cccc2c1-c1cc(OC3C(C)[N+]34CCOCC4)ccc1C2=O. The van der Waals surface area contributed by atoms with Crippen molar-refractivity contribution in [1.29, 1.82) is 0 Å². The summed E-state index contributed by atoms with van der Waals surface area (Å²) in [6.07, 6.45) is 0.172. The zero-order valence-corrected chi connectivity index (χ0v) is 15.0. The van der Waals surface area contributed by atoms with Gasteiger partial charge in [0.05, 0.1) is 20.3 Å². The van der Waals surface area contributed by atoms with Crippen LogP contribution in [0.25, 0.3) is 11.1 Å². The standard InChI is InChI=1S/C21H22NO4/c1-13-21(22(13)8-10-25-11-9-22)26-14-6-7-15-17(12-14)19-16(20(15)23)4-3-5-18(19)24-2/h3-7,12-13,21H,8-11H2,1-2H3/q+1. The van der Waals surface area contributed by atoms with Crippen molar-refractivity contribution in [2.75, 3.05) is 33.4 Å². The van der Waals surface area contributed by atoms with Gasteiger partial charge < -0.3 is 14.2 Å². The summed E-state index contributed by atoms with van der Waals surface area (Å²) in [7, 11) is 1.64. The second kappa shape index (κ2) is 5.56. The van der Waals surface area contributed by atoms with Crippen LogP contribution in [0.3, 0.4) is 0 Å². The van der Waals surface area contributed by atoms with Crippen LogP contribution in [0.5, 0.6) is 11.5 Å². The summed E-state index contributed by atoms with van der Waals surface area (Å²) in [5.41, 5.74) is 3.20. The molecule has 2 aromatic rings. The first kappa shape index (κ1) is 15.9. The van der Waals surface area contributed by atoms with Crippen molar-refractivity contribution < 1.29 is 23.5 Å². The molecule has 134 valence electrons. The highest BCUT2D eigenvalue weighted by molar-refractivity contribution is 6.22. The van der Waals surface area contributed by atoms with E-state index >= 15 is 0 Å². The quantitative estimate of drug-likeness (QED) is 0.537. The lowest BCUT2D eigenvalue weighted by Gasteiger charge is -2.25. The number of ether oxygens (including phenoxy) is 3. The van der Waals surface area contributed by atoms with Gasteiger partial charge in [0.25, 0.3) is 6.23 Å². The molecule has 2 unspecified atom stereocenters. The summed E-state index contributed by atoms with van der Waals surface area (Å²) in [4.78, 5) is 12.7. The Morgan fingerprint density at radius 2 is 1.88 bits per heavy atom. The molecule has 5 rings (SSSR count). The van der Waals surface area contributed by atoms with Gasteiger partial charge in [-0.25, -0.2) is 0 Å². The van der Waals surface area contributed by atoms with E-state index in [0.29, 0.717) is 11.6 Å². The fraction of sp³-hybridized carbons (Fsp3) is 0.381. The molecule has 0 radical (unpaired) electrons. The van der Waals surface area contributed by atoms with Crippen LogP contribution in [0.15, 0.2) is 36.4 Å². The number of fused-ring (bicyclic) bond motifs is 3. The van der Waals surface area contributed by atoms with Gasteiger partial charge in [-0.3, -0.25) is 9.28 Å². The van der Waals surface area contributed by atoms with Crippen molar-refractivity contribution in [3.05, 3.63) is 47.5 Å². The molecule has 2 aliphatic heterocycles. The zero-order chi connectivity index (χ0) is 17.9. The van der Waals surface area contributed by atoms with E-state index < -0.39 is 0 Å². The van der Waals surface area contributed by atoms with Gasteiger partial charge in [-0.15, -0.1) is 0 Å². The van der Waals surface area contributed by atoms with E-state index in [0.717, 1.165) is 59.0 Å². The molecule has 5 nitrogen and oxygen atoms in total. The minimum atomic E-state index is 0.0527. The number of morpholine rings is 1. The average Bonchev–Trinajstić information content (AvgIpc) is 3.06. The number of hydrogen-bond donors (Lipinski definition) is 0. The second-order valence-electron chi connectivity index (χ2n) is 7.33. The van der Waals surface area contributed by atoms with Crippen molar-refractivity contribution in [3.8, 4) is 22.6 Å². The molecule has 2 saturated heterocycles. The van der Waals surface area contributed by atoms with Crippen LogP contribution in [0.2, 0.25) is 0 Å². The van der Waals surface area contributed by atoms with Crippen LogP contribution in [-0.2, 0) is 4.74 Å². The molecule has 1 aliphatic carbocycles. The molecule has 2 fully saturated rings. The molecule has 0 amide bonds. The maximum absolute atomic E-state index is 12.7. The van der Waals surface area contributed by atoms with E-state index in [9.17, 15) is 4.79 Å². The van der Waals surface area contributed by atoms with Gasteiger partial charge in [0.2, 0.25) is 0 Å². The highest BCUT2D eigenvalue weighted by Crippen LogP contribution is 2.46. The van der Waals surface area contributed by atoms with Crippen LogP contribution >= 0.6 is 0 Å². The van der Waals surface area contributed by atoms with Crippen LogP contribution < -0.4 is 9.47 Å². The summed E-state index contributed by atoms with van der Waals surface area (Å²) >= 11 is 0.